The minimum atomic E-state index is 0. The van der Waals surface area contributed by atoms with Gasteiger partial charge in [0.05, 0.1) is 10.7 Å². The molecule has 1 N–H and O–H groups in total. The van der Waals surface area contributed by atoms with Gasteiger partial charge in [0.2, 0.25) is 0 Å². The molecule has 7 heteroatoms. The predicted octanol–water partition coefficient (Wildman–Crippen LogP) is 3.74. The number of nitrogens with one attached hydrogen (secondary N) is 1. The second kappa shape index (κ2) is 7.68. The lowest BCUT2D eigenvalue weighted by molar-refractivity contribution is 0.418. The summed E-state index contributed by atoms with van der Waals surface area (Å²) in [6.07, 6.45) is 0.741. The van der Waals surface area contributed by atoms with E-state index >= 15 is 0 Å². The molecule has 0 radical (unpaired) electrons. The Hall–Kier alpha value is -1.76. The highest BCUT2D eigenvalue weighted by Crippen LogP contribution is 2.26. The zero-order valence-corrected chi connectivity index (χ0v) is 14.9. The molecule has 3 rings (SSSR count). The van der Waals surface area contributed by atoms with Gasteiger partial charge in [0.25, 0.3) is 5.89 Å². The van der Waals surface area contributed by atoms with E-state index in [9.17, 15) is 0 Å². The molecular weight excluding hydrogens is 332 g/mol. The van der Waals surface area contributed by atoms with Gasteiger partial charge in [0.15, 0.2) is 5.82 Å². The maximum atomic E-state index is 5.39. The van der Waals surface area contributed by atoms with E-state index in [2.05, 4.69) is 32.7 Å². The van der Waals surface area contributed by atoms with E-state index in [1.807, 2.05) is 38.2 Å². The second-order valence-electron chi connectivity index (χ2n) is 5.24. The molecule has 3 aromatic rings. The molecule has 1 atom stereocenters. The van der Waals surface area contributed by atoms with Crippen LogP contribution in [0.1, 0.15) is 17.8 Å². The number of hydrogen-bond donors (Lipinski definition) is 1. The summed E-state index contributed by atoms with van der Waals surface area (Å²) >= 11 is 1.64. The highest BCUT2D eigenvalue weighted by atomic mass is 35.5. The van der Waals surface area contributed by atoms with E-state index in [-0.39, 0.29) is 12.4 Å². The predicted molar refractivity (Wildman–Crippen MR) is 95.1 cm³/mol. The fraction of sp³-hybridized carbons (Fsp3) is 0.312. The van der Waals surface area contributed by atoms with Crippen LogP contribution in [0.4, 0.5) is 0 Å². The van der Waals surface area contributed by atoms with Crippen LogP contribution in [0.3, 0.4) is 0 Å². The molecule has 0 spiro atoms. The van der Waals surface area contributed by atoms with Crippen LogP contribution in [-0.2, 0) is 6.42 Å². The Balaban J connectivity index is 0.00000192. The van der Waals surface area contributed by atoms with Gasteiger partial charge in [-0.1, -0.05) is 17.3 Å². The van der Waals surface area contributed by atoms with Crippen LogP contribution in [0.25, 0.3) is 22.7 Å². The van der Waals surface area contributed by atoms with Crippen molar-refractivity contribution < 1.29 is 4.52 Å². The Labute approximate surface area is 145 Å². The molecule has 0 aliphatic carbocycles. The van der Waals surface area contributed by atoms with E-state index in [0.29, 0.717) is 17.8 Å². The van der Waals surface area contributed by atoms with Crippen LogP contribution in [0.2, 0.25) is 0 Å². The number of hydrogen-bond acceptors (Lipinski definition) is 6. The zero-order valence-electron chi connectivity index (χ0n) is 13.2. The normalized spacial score (nSPS) is 12.0. The van der Waals surface area contributed by atoms with Gasteiger partial charge in [-0.25, -0.2) is 4.98 Å². The summed E-state index contributed by atoms with van der Waals surface area (Å²) in [6.45, 7) is 4.09. The van der Waals surface area contributed by atoms with Gasteiger partial charge in [-0.3, -0.25) is 0 Å². The van der Waals surface area contributed by atoms with Crippen molar-refractivity contribution in [1.82, 2.24) is 20.4 Å². The lowest BCUT2D eigenvalue weighted by Gasteiger charge is -2.04. The summed E-state index contributed by atoms with van der Waals surface area (Å²) in [7, 11) is 1.92. The Bertz CT molecular complexity index is 771. The Morgan fingerprint density at radius 2 is 2.04 bits per heavy atom. The molecule has 5 nitrogen and oxygen atoms in total. The molecular formula is C16H19ClN4OS. The first kappa shape index (κ1) is 17.6. The van der Waals surface area contributed by atoms with Gasteiger partial charge in [0, 0.05) is 29.0 Å². The molecule has 122 valence electrons. The summed E-state index contributed by atoms with van der Waals surface area (Å²) in [4.78, 5) is 8.99. The number of rotatable bonds is 5. The Morgan fingerprint density at radius 3 is 2.74 bits per heavy atom. The van der Waals surface area contributed by atoms with Crippen molar-refractivity contribution in [3.8, 4) is 22.7 Å². The molecule has 0 fully saturated rings. The number of benzene rings is 1. The summed E-state index contributed by atoms with van der Waals surface area (Å²) in [5.41, 5.74) is 2.96. The first-order valence-corrected chi connectivity index (χ1v) is 8.06. The van der Waals surface area contributed by atoms with Crippen molar-refractivity contribution in [3.63, 3.8) is 0 Å². The summed E-state index contributed by atoms with van der Waals surface area (Å²) < 4.78 is 5.39. The first-order valence-electron chi connectivity index (χ1n) is 7.18. The lowest BCUT2D eigenvalue weighted by atomic mass is 10.1. The third-order valence-corrected chi connectivity index (χ3v) is 4.25. The third-order valence-electron chi connectivity index (χ3n) is 3.47. The van der Waals surface area contributed by atoms with E-state index < -0.39 is 0 Å². The van der Waals surface area contributed by atoms with Gasteiger partial charge in [0.1, 0.15) is 0 Å². The van der Waals surface area contributed by atoms with Crippen LogP contribution in [0.5, 0.6) is 0 Å². The standard InChI is InChI=1S/C16H18N4OS.ClH/c1-10(17-3)7-15-19-16(21-20-15)13-6-4-5-12(8-13)14-9-22-11(2)18-14;/h4-6,8-10,17H,7H2,1-3H3;1H. The van der Waals surface area contributed by atoms with Crippen molar-refractivity contribution in [2.24, 2.45) is 0 Å². The third kappa shape index (κ3) is 4.16. The van der Waals surface area contributed by atoms with Gasteiger partial charge in [-0.2, -0.15) is 4.98 Å². The molecule has 0 aliphatic heterocycles. The zero-order chi connectivity index (χ0) is 15.5. The van der Waals surface area contributed by atoms with Gasteiger partial charge >= 0.3 is 0 Å². The van der Waals surface area contributed by atoms with Crippen molar-refractivity contribution in [3.05, 3.63) is 40.5 Å². The number of aromatic nitrogens is 3. The van der Waals surface area contributed by atoms with E-state index in [0.717, 1.165) is 28.2 Å². The summed E-state index contributed by atoms with van der Waals surface area (Å²) in [5, 5.41) is 10.3. The minimum Gasteiger partial charge on any atom is -0.334 e. The van der Waals surface area contributed by atoms with Crippen LogP contribution in [-0.4, -0.2) is 28.2 Å². The van der Waals surface area contributed by atoms with Crippen molar-refractivity contribution in [2.45, 2.75) is 26.3 Å². The molecule has 2 heterocycles. The van der Waals surface area contributed by atoms with Crippen molar-refractivity contribution in [1.29, 1.82) is 0 Å². The minimum absolute atomic E-state index is 0. The molecule has 23 heavy (non-hydrogen) atoms. The van der Waals surface area contributed by atoms with Crippen LogP contribution in [0, 0.1) is 6.92 Å². The summed E-state index contributed by atoms with van der Waals surface area (Å²) in [5.74, 6) is 1.26. The van der Waals surface area contributed by atoms with Crippen molar-refractivity contribution >= 4 is 23.7 Å². The molecule has 1 aromatic carbocycles. The monoisotopic (exact) mass is 350 g/mol. The quantitative estimate of drug-likeness (QED) is 0.759. The fourth-order valence-corrected chi connectivity index (χ4v) is 2.76. The number of likely N-dealkylation sites (N-methyl/N-ethyl adjacent to an activating group) is 1. The number of thiazole rings is 1. The maximum absolute atomic E-state index is 5.39. The number of halogens is 1. The van der Waals surface area contributed by atoms with E-state index in [1.54, 1.807) is 11.3 Å². The van der Waals surface area contributed by atoms with Gasteiger partial charge < -0.3 is 9.84 Å². The average molecular weight is 351 g/mol. The summed E-state index contributed by atoms with van der Waals surface area (Å²) in [6, 6.07) is 8.35. The first-order chi connectivity index (χ1) is 10.7. The maximum Gasteiger partial charge on any atom is 0.257 e. The van der Waals surface area contributed by atoms with Crippen LogP contribution < -0.4 is 5.32 Å². The molecule has 2 aromatic heterocycles. The highest BCUT2D eigenvalue weighted by molar-refractivity contribution is 7.09. The highest BCUT2D eigenvalue weighted by Gasteiger charge is 2.12. The van der Waals surface area contributed by atoms with Gasteiger partial charge in [-0.05, 0) is 33.0 Å². The number of nitrogens with zero attached hydrogens (tertiary/aromatic N) is 3. The van der Waals surface area contributed by atoms with Crippen molar-refractivity contribution in [2.75, 3.05) is 7.05 Å². The molecule has 1 unspecified atom stereocenters. The Kier molecular flexibility index (Phi) is 5.87. The fourth-order valence-electron chi connectivity index (χ4n) is 2.14. The van der Waals surface area contributed by atoms with E-state index in [1.165, 1.54) is 0 Å². The lowest BCUT2D eigenvalue weighted by Crippen LogP contribution is -2.24. The largest absolute Gasteiger partial charge is 0.334 e. The SMILES string of the molecule is CNC(C)Cc1noc(-c2cccc(-c3csc(C)n3)c2)n1.Cl. The number of aryl methyl sites for hydroxylation is 1. The molecule has 0 amide bonds. The topological polar surface area (TPSA) is 63.8 Å². The Morgan fingerprint density at radius 1 is 1.26 bits per heavy atom. The van der Waals surface area contributed by atoms with E-state index in [4.69, 9.17) is 4.52 Å². The molecule has 0 aliphatic rings. The molecule has 0 saturated heterocycles. The van der Waals surface area contributed by atoms with Crippen LogP contribution in [0.15, 0.2) is 34.2 Å². The smallest absolute Gasteiger partial charge is 0.257 e. The second-order valence-corrected chi connectivity index (χ2v) is 6.30. The molecule has 0 saturated carbocycles. The van der Waals surface area contributed by atoms with Crippen LogP contribution >= 0.6 is 23.7 Å². The van der Waals surface area contributed by atoms with Gasteiger partial charge in [-0.15, -0.1) is 23.7 Å². The molecule has 0 bridgehead atoms. The average Bonchev–Trinajstić information content (AvgIpc) is 3.16.